The molecular weight excluding hydrogens is 274 g/mol. The van der Waals surface area contributed by atoms with Gasteiger partial charge in [-0.15, -0.1) is 0 Å². The van der Waals surface area contributed by atoms with E-state index >= 15 is 0 Å². The zero-order valence-corrected chi connectivity index (χ0v) is 13.0. The van der Waals surface area contributed by atoms with Crippen molar-refractivity contribution in [3.63, 3.8) is 0 Å². The molecule has 0 spiro atoms. The molecule has 0 radical (unpaired) electrons. The van der Waals surface area contributed by atoms with Gasteiger partial charge in [0.15, 0.2) is 0 Å². The van der Waals surface area contributed by atoms with Crippen molar-refractivity contribution in [2.24, 2.45) is 5.92 Å². The van der Waals surface area contributed by atoms with E-state index in [2.05, 4.69) is 32.5 Å². The second-order valence-corrected chi connectivity index (χ2v) is 6.06. The summed E-state index contributed by atoms with van der Waals surface area (Å²) in [5, 5.41) is 6.48. The maximum atomic E-state index is 5.12. The van der Waals surface area contributed by atoms with Crippen molar-refractivity contribution in [2.45, 2.75) is 26.2 Å². The molecule has 0 unspecified atom stereocenters. The fraction of sp³-hybridized carbons (Fsp3) is 0.769. The van der Waals surface area contributed by atoms with Crippen molar-refractivity contribution in [3.05, 3.63) is 0 Å². The average molecular weight is 297 g/mol. The van der Waals surface area contributed by atoms with Gasteiger partial charge in [-0.05, 0) is 36.7 Å². The minimum Gasteiger partial charge on any atom is -0.467 e. The lowest BCUT2D eigenvalue weighted by atomic mass is 10.0. The van der Waals surface area contributed by atoms with E-state index in [-0.39, 0.29) is 0 Å². The molecule has 0 amide bonds. The van der Waals surface area contributed by atoms with Crippen LogP contribution in [0.2, 0.25) is 0 Å². The van der Waals surface area contributed by atoms with Gasteiger partial charge in [-0.1, -0.05) is 6.92 Å². The summed E-state index contributed by atoms with van der Waals surface area (Å²) in [5.74, 6) is 4.40. The van der Waals surface area contributed by atoms with E-state index in [0.717, 1.165) is 19.5 Å². The van der Waals surface area contributed by atoms with Gasteiger partial charge >= 0.3 is 6.01 Å². The fourth-order valence-corrected chi connectivity index (χ4v) is 3.23. The molecule has 1 saturated heterocycles. The van der Waals surface area contributed by atoms with Gasteiger partial charge in [0.1, 0.15) is 0 Å². The molecule has 7 heteroatoms. The fourth-order valence-electron chi connectivity index (χ4n) is 2.03. The van der Waals surface area contributed by atoms with Crippen molar-refractivity contribution in [1.29, 1.82) is 0 Å². The topological polar surface area (TPSA) is 72.0 Å². The average Bonchev–Trinajstić information content (AvgIpc) is 2.51. The monoisotopic (exact) mass is 297 g/mol. The smallest absolute Gasteiger partial charge is 0.322 e. The molecule has 0 bridgehead atoms. The first kappa shape index (κ1) is 15.2. The van der Waals surface area contributed by atoms with Crippen molar-refractivity contribution < 1.29 is 4.74 Å². The van der Waals surface area contributed by atoms with Crippen LogP contribution >= 0.6 is 11.8 Å². The van der Waals surface area contributed by atoms with E-state index in [1.165, 1.54) is 24.3 Å². The SMILES string of the molecule is CCCNc1nc(NCC2CCSCC2)nc(OC)n1. The highest BCUT2D eigenvalue weighted by Crippen LogP contribution is 2.23. The van der Waals surface area contributed by atoms with E-state index in [0.29, 0.717) is 23.8 Å². The first-order chi connectivity index (χ1) is 9.81. The predicted octanol–water partition coefficient (Wildman–Crippen LogP) is 2.26. The van der Waals surface area contributed by atoms with Gasteiger partial charge in [-0.3, -0.25) is 0 Å². The predicted molar refractivity (Wildman–Crippen MR) is 83.7 cm³/mol. The van der Waals surface area contributed by atoms with Crippen LogP contribution in [0.25, 0.3) is 0 Å². The molecule has 2 N–H and O–H groups in total. The van der Waals surface area contributed by atoms with Crippen molar-refractivity contribution in [2.75, 3.05) is 42.3 Å². The minimum absolute atomic E-state index is 0.348. The minimum atomic E-state index is 0.348. The highest BCUT2D eigenvalue weighted by atomic mass is 32.2. The molecule has 20 heavy (non-hydrogen) atoms. The van der Waals surface area contributed by atoms with Crippen molar-refractivity contribution in [3.8, 4) is 6.01 Å². The molecule has 6 nitrogen and oxygen atoms in total. The number of anilines is 2. The van der Waals surface area contributed by atoms with Crippen LogP contribution in [0.3, 0.4) is 0 Å². The lowest BCUT2D eigenvalue weighted by molar-refractivity contribution is 0.379. The standard InChI is InChI=1S/C13H23N5OS/c1-3-6-14-11-16-12(18-13(17-11)19-2)15-9-10-4-7-20-8-5-10/h10H,3-9H2,1-2H3,(H2,14,15,16,17,18). The molecule has 1 aliphatic heterocycles. The molecular formula is C13H23N5OS. The Morgan fingerprint density at radius 1 is 1.15 bits per heavy atom. The van der Waals surface area contributed by atoms with E-state index < -0.39 is 0 Å². The zero-order chi connectivity index (χ0) is 14.2. The first-order valence-corrected chi connectivity index (χ1v) is 8.33. The number of hydrogen-bond donors (Lipinski definition) is 2. The van der Waals surface area contributed by atoms with Gasteiger partial charge in [0.2, 0.25) is 11.9 Å². The van der Waals surface area contributed by atoms with Gasteiger partial charge in [0.05, 0.1) is 7.11 Å². The highest BCUT2D eigenvalue weighted by Gasteiger charge is 2.14. The second-order valence-electron chi connectivity index (χ2n) is 4.83. The molecule has 1 aromatic rings. The normalized spacial score (nSPS) is 15.9. The van der Waals surface area contributed by atoms with Crippen molar-refractivity contribution in [1.82, 2.24) is 15.0 Å². The lowest BCUT2D eigenvalue weighted by Crippen LogP contribution is -2.20. The highest BCUT2D eigenvalue weighted by molar-refractivity contribution is 7.99. The van der Waals surface area contributed by atoms with Crippen LogP contribution in [0.4, 0.5) is 11.9 Å². The van der Waals surface area contributed by atoms with Crippen LogP contribution in [0.5, 0.6) is 6.01 Å². The summed E-state index contributed by atoms with van der Waals surface area (Å²) in [6.07, 6.45) is 3.55. The van der Waals surface area contributed by atoms with E-state index in [4.69, 9.17) is 4.74 Å². The van der Waals surface area contributed by atoms with Gasteiger partial charge in [0, 0.05) is 13.1 Å². The summed E-state index contributed by atoms with van der Waals surface area (Å²) < 4.78 is 5.12. The third kappa shape index (κ3) is 4.70. The summed E-state index contributed by atoms with van der Waals surface area (Å²) in [6, 6.07) is 0.348. The second kappa shape index (κ2) is 8.14. The van der Waals surface area contributed by atoms with Crippen LogP contribution < -0.4 is 15.4 Å². The third-order valence-electron chi connectivity index (χ3n) is 3.22. The van der Waals surface area contributed by atoms with E-state index in [1.54, 1.807) is 7.11 Å². The number of methoxy groups -OCH3 is 1. The summed E-state index contributed by atoms with van der Waals surface area (Å²) >= 11 is 2.04. The largest absolute Gasteiger partial charge is 0.467 e. The van der Waals surface area contributed by atoms with Crippen LogP contribution in [0, 0.1) is 5.92 Å². The van der Waals surface area contributed by atoms with Crippen molar-refractivity contribution >= 4 is 23.7 Å². The third-order valence-corrected chi connectivity index (χ3v) is 4.27. The summed E-state index contributed by atoms with van der Waals surface area (Å²) in [5.41, 5.74) is 0. The number of thioether (sulfide) groups is 1. The Balaban J connectivity index is 1.94. The van der Waals surface area contributed by atoms with Crippen LogP contribution in [0.1, 0.15) is 26.2 Å². The summed E-state index contributed by atoms with van der Waals surface area (Å²) in [6.45, 7) is 3.86. The van der Waals surface area contributed by atoms with E-state index in [1.807, 2.05) is 11.8 Å². The Labute approximate surface area is 124 Å². The Morgan fingerprint density at radius 3 is 2.50 bits per heavy atom. The Morgan fingerprint density at radius 2 is 1.85 bits per heavy atom. The molecule has 0 saturated carbocycles. The quantitative estimate of drug-likeness (QED) is 0.799. The molecule has 0 aromatic carbocycles. The molecule has 1 fully saturated rings. The van der Waals surface area contributed by atoms with Crippen LogP contribution in [-0.4, -0.2) is 46.7 Å². The Kier molecular flexibility index (Phi) is 6.17. The first-order valence-electron chi connectivity index (χ1n) is 7.17. The van der Waals surface area contributed by atoms with Gasteiger partial charge in [-0.25, -0.2) is 0 Å². The maximum Gasteiger partial charge on any atom is 0.322 e. The Hall–Kier alpha value is -1.24. The number of hydrogen-bond acceptors (Lipinski definition) is 7. The maximum absolute atomic E-state index is 5.12. The number of rotatable bonds is 7. The Bertz CT molecular complexity index is 412. The molecule has 0 aliphatic carbocycles. The molecule has 112 valence electrons. The number of ether oxygens (including phenoxy) is 1. The van der Waals surface area contributed by atoms with Gasteiger partial charge in [0.25, 0.3) is 0 Å². The number of aromatic nitrogens is 3. The molecule has 2 rings (SSSR count). The van der Waals surface area contributed by atoms with Crippen LogP contribution in [0.15, 0.2) is 0 Å². The van der Waals surface area contributed by atoms with Crippen LogP contribution in [-0.2, 0) is 0 Å². The molecule has 1 aliphatic rings. The van der Waals surface area contributed by atoms with Gasteiger partial charge in [-0.2, -0.15) is 26.7 Å². The summed E-state index contributed by atoms with van der Waals surface area (Å²) in [7, 11) is 1.57. The number of nitrogens with one attached hydrogen (secondary N) is 2. The van der Waals surface area contributed by atoms with Gasteiger partial charge < -0.3 is 15.4 Å². The molecule has 2 heterocycles. The van der Waals surface area contributed by atoms with E-state index in [9.17, 15) is 0 Å². The molecule has 1 aromatic heterocycles. The summed E-state index contributed by atoms with van der Waals surface area (Å²) in [4.78, 5) is 12.8. The lowest BCUT2D eigenvalue weighted by Gasteiger charge is -2.21. The number of nitrogens with zero attached hydrogens (tertiary/aromatic N) is 3. The molecule has 0 atom stereocenters. The zero-order valence-electron chi connectivity index (χ0n) is 12.2.